The van der Waals surface area contributed by atoms with Gasteiger partial charge in [0.2, 0.25) is 5.95 Å². The zero-order chi connectivity index (χ0) is 18.7. The molecule has 0 atom stereocenters. The first-order valence-electron chi connectivity index (χ1n) is 8.57. The maximum atomic E-state index is 13.2. The van der Waals surface area contributed by atoms with Gasteiger partial charge >= 0.3 is 6.18 Å². The summed E-state index contributed by atoms with van der Waals surface area (Å²) in [6.07, 6.45) is 0.527. The number of aryl methyl sites for hydroxylation is 1. The number of alkyl halides is 3. The van der Waals surface area contributed by atoms with Crippen molar-refractivity contribution in [3.05, 3.63) is 40.5 Å². The van der Waals surface area contributed by atoms with Gasteiger partial charge in [-0.2, -0.15) is 18.2 Å². The first kappa shape index (κ1) is 18.8. The Balaban J connectivity index is 1.89. The first-order chi connectivity index (χ1) is 12.3. The van der Waals surface area contributed by atoms with Crippen LogP contribution in [0.15, 0.2) is 24.3 Å². The molecule has 0 amide bonds. The van der Waals surface area contributed by atoms with Gasteiger partial charge in [-0.3, -0.25) is 0 Å². The van der Waals surface area contributed by atoms with E-state index in [9.17, 15) is 13.2 Å². The molecule has 2 N–H and O–H groups in total. The molecule has 1 aliphatic carbocycles. The summed E-state index contributed by atoms with van der Waals surface area (Å²) in [4.78, 5) is 7.86. The van der Waals surface area contributed by atoms with E-state index in [1.807, 2.05) is 13.0 Å². The van der Waals surface area contributed by atoms with Crippen molar-refractivity contribution in [2.24, 2.45) is 0 Å². The highest BCUT2D eigenvalue weighted by molar-refractivity contribution is 6.33. The topological polar surface area (TPSA) is 49.8 Å². The SMILES string of the molecule is Cc1ccc(Nc2cc(C(F)(F)F)nc(NC3CCCCC3)n2)c(Cl)c1. The van der Waals surface area contributed by atoms with Gasteiger partial charge in [0.25, 0.3) is 0 Å². The zero-order valence-corrected chi connectivity index (χ0v) is 15.1. The molecule has 1 fully saturated rings. The number of nitrogens with zero attached hydrogens (tertiary/aromatic N) is 2. The zero-order valence-electron chi connectivity index (χ0n) is 14.3. The number of benzene rings is 1. The molecule has 1 saturated carbocycles. The molecule has 1 aromatic carbocycles. The molecule has 0 saturated heterocycles. The summed E-state index contributed by atoms with van der Waals surface area (Å²) >= 11 is 6.16. The highest BCUT2D eigenvalue weighted by Crippen LogP contribution is 2.32. The van der Waals surface area contributed by atoms with Crippen LogP contribution in [0.1, 0.15) is 43.4 Å². The quantitative estimate of drug-likeness (QED) is 0.684. The second-order valence-corrected chi connectivity index (χ2v) is 6.95. The lowest BCUT2D eigenvalue weighted by Gasteiger charge is -2.23. The summed E-state index contributed by atoms with van der Waals surface area (Å²) in [7, 11) is 0. The van der Waals surface area contributed by atoms with E-state index in [1.165, 1.54) is 0 Å². The van der Waals surface area contributed by atoms with E-state index in [4.69, 9.17) is 11.6 Å². The van der Waals surface area contributed by atoms with Crippen LogP contribution in [-0.2, 0) is 6.18 Å². The maximum absolute atomic E-state index is 13.2. The molecule has 1 aromatic heterocycles. The first-order valence-corrected chi connectivity index (χ1v) is 8.95. The molecule has 2 aromatic rings. The largest absolute Gasteiger partial charge is 0.433 e. The van der Waals surface area contributed by atoms with Gasteiger partial charge in [-0.15, -0.1) is 0 Å². The van der Waals surface area contributed by atoms with Crippen molar-refractivity contribution in [3.63, 3.8) is 0 Å². The van der Waals surface area contributed by atoms with Crippen LogP contribution in [0, 0.1) is 6.92 Å². The molecule has 0 radical (unpaired) electrons. The second kappa shape index (κ2) is 7.70. The van der Waals surface area contributed by atoms with Gasteiger partial charge in [0.1, 0.15) is 5.82 Å². The van der Waals surface area contributed by atoms with Crippen molar-refractivity contribution in [1.29, 1.82) is 0 Å². The number of aromatic nitrogens is 2. The predicted molar refractivity (Wildman–Crippen MR) is 97.0 cm³/mol. The van der Waals surface area contributed by atoms with E-state index in [0.29, 0.717) is 10.7 Å². The molecular formula is C18H20ClF3N4. The summed E-state index contributed by atoms with van der Waals surface area (Å²) in [5.74, 6) is 0.0360. The molecule has 0 bridgehead atoms. The van der Waals surface area contributed by atoms with Crippen molar-refractivity contribution in [1.82, 2.24) is 9.97 Å². The van der Waals surface area contributed by atoms with Gasteiger partial charge < -0.3 is 10.6 Å². The van der Waals surface area contributed by atoms with Crippen LogP contribution in [0.3, 0.4) is 0 Å². The van der Waals surface area contributed by atoms with Crippen molar-refractivity contribution < 1.29 is 13.2 Å². The van der Waals surface area contributed by atoms with Crippen molar-refractivity contribution >= 4 is 29.1 Å². The lowest BCUT2D eigenvalue weighted by Crippen LogP contribution is -2.24. The van der Waals surface area contributed by atoms with Gasteiger partial charge in [0.05, 0.1) is 10.7 Å². The normalized spacial score (nSPS) is 15.7. The molecular weight excluding hydrogens is 365 g/mol. The Morgan fingerprint density at radius 2 is 1.81 bits per heavy atom. The molecule has 0 aliphatic heterocycles. The minimum absolute atomic E-state index is 0.0162. The fourth-order valence-electron chi connectivity index (χ4n) is 3.01. The van der Waals surface area contributed by atoms with Crippen molar-refractivity contribution in [2.75, 3.05) is 10.6 Å². The number of hydrogen-bond acceptors (Lipinski definition) is 4. The average Bonchev–Trinajstić information content (AvgIpc) is 2.57. The van der Waals surface area contributed by atoms with E-state index in [-0.39, 0.29) is 17.8 Å². The van der Waals surface area contributed by atoms with Crippen LogP contribution >= 0.6 is 11.6 Å². The molecule has 8 heteroatoms. The highest BCUT2D eigenvalue weighted by atomic mass is 35.5. The van der Waals surface area contributed by atoms with E-state index < -0.39 is 11.9 Å². The summed E-state index contributed by atoms with van der Waals surface area (Å²) in [5, 5.41) is 6.33. The van der Waals surface area contributed by atoms with Crippen LogP contribution < -0.4 is 10.6 Å². The highest BCUT2D eigenvalue weighted by Gasteiger charge is 2.34. The molecule has 140 valence electrons. The number of halogens is 4. The summed E-state index contributed by atoms with van der Waals surface area (Å²) in [6, 6.07) is 6.25. The van der Waals surface area contributed by atoms with Crippen LogP contribution in [0.25, 0.3) is 0 Å². The standard InChI is InChI=1S/C18H20ClF3N4/c1-11-7-8-14(13(19)9-11)24-16-10-15(18(20,21)22)25-17(26-16)23-12-5-3-2-4-6-12/h7-10,12H,2-6H2,1H3,(H2,23,24,25,26). The van der Waals surface area contributed by atoms with Crippen molar-refractivity contribution in [2.45, 2.75) is 51.2 Å². The lowest BCUT2D eigenvalue weighted by molar-refractivity contribution is -0.141. The third kappa shape index (κ3) is 4.78. The Hall–Kier alpha value is -2.02. The summed E-state index contributed by atoms with van der Waals surface area (Å²) in [5.41, 5.74) is 0.461. The smallest absolute Gasteiger partial charge is 0.351 e. The minimum Gasteiger partial charge on any atom is -0.351 e. The molecule has 4 nitrogen and oxygen atoms in total. The molecule has 26 heavy (non-hydrogen) atoms. The molecule has 3 rings (SSSR count). The molecule has 0 spiro atoms. The number of hydrogen-bond donors (Lipinski definition) is 2. The second-order valence-electron chi connectivity index (χ2n) is 6.55. The summed E-state index contributed by atoms with van der Waals surface area (Å²) < 4.78 is 39.7. The molecule has 0 unspecified atom stereocenters. The Morgan fingerprint density at radius 1 is 1.08 bits per heavy atom. The number of anilines is 3. The Bertz CT molecular complexity index is 774. The average molecular weight is 385 g/mol. The van der Waals surface area contributed by atoms with Gasteiger partial charge in [0.15, 0.2) is 5.69 Å². The fraction of sp³-hybridized carbons (Fsp3) is 0.444. The minimum atomic E-state index is -4.56. The number of nitrogens with one attached hydrogen (secondary N) is 2. The van der Waals surface area contributed by atoms with Crippen LogP contribution in [0.2, 0.25) is 5.02 Å². The molecule has 1 heterocycles. The van der Waals surface area contributed by atoms with Gasteiger partial charge in [-0.05, 0) is 37.5 Å². The van der Waals surface area contributed by atoms with E-state index in [0.717, 1.165) is 43.7 Å². The Labute approximate surface area is 155 Å². The van der Waals surface area contributed by atoms with Crippen LogP contribution in [0.5, 0.6) is 0 Å². The van der Waals surface area contributed by atoms with E-state index in [2.05, 4.69) is 20.6 Å². The van der Waals surface area contributed by atoms with Gasteiger partial charge in [0, 0.05) is 12.1 Å². The monoisotopic (exact) mass is 384 g/mol. The Kier molecular flexibility index (Phi) is 5.55. The van der Waals surface area contributed by atoms with Gasteiger partial charge in [-0.25, -0.2) is 4.98 Å². The van der Waals surface area contributed by atoms with E-state index >= 15 is 0 Å². The predicted octanol–water partition coefficient (Wildman–Crippen LogP) is 5.95. The number of rotatable bonds is 4. The lowest BCUT2D eigenvalue weighted by atomic mass is 9.96. The molecule has 1 aliphatic rings. The Morgan fingerprint density at radius 3 is 2.46 bits per heavy atom. The van der Waals surface area contributed by atoms with Crippen LogP contribution in [0.4, 0.5) is 30.6 Å². The summed E-state index contributed by atoms with van der Waals surface area (Å²) in [6.45, 7) is 1.88. The fourth-order valence-corrected chi connectivity index (χ4v) is 3.29. The third-order valence-corrected chi connectivity index (χ3v) is 4.66. The van der Waals surface area contributed by atoms with Gasteiger partial charge in [-0.1, -0.05) is 36.9 Å². The van der Waals surface area contributed by atoms with Crippen LogP contribution in [-0.4, -0.2) is 16.0 Å². The van der Waals surface area contributed by atoms with E-state index in [1.54, 1.807) is 12.1 Å². The third-order valence-electron chi connectivity index (χ3n) is 4.34. The maximum Gasteiger partial charge on any atom is 0.433 e. The van der Waals surface area contributed by atoms with Crippen molar-refractivity contribution in [3.8, 4) is 0 Å².